The number of benzene rings is 2. The molecule has 35 heavy (non-hydrogen) atoms. The molecular weight excluding hydrogens is 486 g/mol. The molecule has 0 aliphatic rings. The molecule has 0 N–H and O–H groups in total. The molecule has 0 amide bonds. The third-order valence-electron chi connectivity index (χ3n) is 5.40. The minimum absolute atomic E-state index is 0.263. The van der Waals surface area contributed by atoms with E-state index in [9.17, 15) is 4.79 Å². The molecular formula is C25H16ClN5O3S. The average Bonchev–Trinajstić information content (AvgIpc) is 3.66. The summed E-state index contributed by atoms with van der Waals surface area (Å²) in [5, 5.41) is 9.59. The van der Waals surface area contributed by atoms with E-state index in [1.54, 1.807) is 48.4 Å². The Morgan fingerprint density at radius 1 is 1.09 bits per heavy atom. The van der Waals surface area contributed by atoms with Crippen LogP contribution >= 0.6 is 22.9 Å². The van der Waals surface area contributed by atoms with E-state index in [0.29, 0.717) is 37.5 Å². The smallest absolute Gasteiger partial charge is 0.291 e. The summed E-state index contributed by atoms with van der Waals surface area (Å²) in [5.74, 6) is 1.45. The molecule has 0 unspecified atom stereocenters. The van der Waals surface area contributed by atoms with Gasteiger partial charge in [0, 0.05) is 17.3 Å². The van der Waals surface area contributed by atoms with Crippen LogP contribution in [0.1, 0.15) is 5.56 Å². The van der Waals surface area contributed by atoms with Crippen molar-refractivity contribution in [1.29, 1.82) is 0 Å². The molecule has 6 rings (SSSR count). The topological polar surface area (TPSA) is 87.4 Å². The number of rotatable bonds is 5. The van der Waals surface area contributed by atoms with Gasteiger partial charge in [-0.25, -0.2) is 4.68 Å². The number of para-hydroxylation sites is 1. The van der Waals surface area contributed by atoms with Crippen molar-refractivity contribution in [3.8, 4) is 34.3 Å². The van der Waals surface area contributed by atoms with Gasteiger partial charge in [0.2, 0.25) is 10.8 Å². The second-order valence-corrected chi connectivity index (χ2v) is 9.00. The number of hydrogen-bond donors (Lipinski definition) is 0. The van der Waals surface area contributed by atoms with E-state index in [2.05, 4.69) is 10.1 Å². The Labute approximate surface area is 207 Å². The monoisotopic (exact) mass is 501 g/mol. The van der Waals surface area contributed by atoms with E-state index in [1.165, 1.54) is 15.9 Å². The molecule has 0 aliphatic carbocycles. The third kappa shape index (κ3) is 3.80. The summed E-state index contributed by atoms with van der Waals surface area (Å²) in [6.45, 7) is 0. The minimum Gasteiger partial charge on any atom is -0.495 e. The maximum absolute atomic E-state index is 13.1. The minimum atomic E-state index is -0.263. The van der Waals surface area contributed by atoms with Crippen molar-refractivity contribution < 1.29 is 9.15 Å². The number of aromatic nitrogens is 5. The molecule has 6 aromatic rings. The van der Waals surface area contributed by atoms with Gasteiger partial charge in [0.15, 0.2) is 5.76 Å². The summed E-state index contributed by atoms with van der Waals surface area (Å²) in [6, 6.07) is 18.7. The molecule has 0 spiro atoms. The van der Waals surface area contributed by atoms with E-state index in [0.717, 1.165) is 16.8 Å². The van der Waals surface area contributed by atoms with Crippen molar-refractivity contribution in [1.82, 2.24) is 24.4 Å². The highest BCUT2D eigenvalue weighted by Crippen LogP contribution is 2.32. The lowest BCUT2D eigenvalue weighted by molar-refractivity contribution is 0.415. The molecule has 4 aromatic heterocycles. The Balaban J connectivity index is 1.51. The maximum Gasteiger partial charge on any atom is 0.291 e. The second-order valence-electron chi connectivity index (χ2n) is 7.59. The number of ether oxygens (including phenoxy) is 1. The molecule has 8 nitrogen and oxygen atoms in total. The molecule has 0 atom stereocenters. The van der Waals surface area contributed by atoms with Crippen molar-refractivity contribution in [2.75, 3.05) is 7.11 Å². The summed E-state index contributed by atoms with van der Waals surface area (Å²) < 4.78 is 14.2. The van der Waals surface area contributed by atoms with Gasteiger partial charge in [-0.05, 0) is 48.5 Å². The van der Waals surface area contributed by atoms with Crippen LogP contribution in [0.2, 0.25) is 5.02 Å². The van der Waals surface area contributed by atoms with E-state index in [-0.39, 0.29) is 5.56 Å². The SMILES string of the molecule is COc1ccc(-c2nn(-c3ccccc3)cc2C=c2sc3nc(-c4ccco4)nn3c2=O)cc1Cl. The number of hydrogen-bond acceptors (Lipinski definition) is 7. The van der Waals surface area contributed by atoms with Gasteiger partial charge in [-0.2, -0.15) is 14.6 Å². The highest BCUT2D eigenvalue weighted by Gasteiger charge is 2.16. The van der Waals surface area contributed by atoms with Crippen molar-refractivity contribution in [2.24, 2.45) is 0 Å². The first kappa shape index (κ1) is 21.3. The van der Waals surface area contributed by atoms with Gasteiger partial charge in [-0.3, -0.25) is 4.79 Å². The maximum atomic E-state index is 13.1. The number of nitrogens with zero attached hydrogens (tertiary/aromatic N) is 5. The first-order chi connectivity index (χ1) is 17.1. The molecule has 4 heterocycles. The first-order valence-corrected chi connectivity index (χ1v) is 11.7. The number of methoxy groups -OCH3 is 1. The van der Waals surface area contributed by atoms with Gasteiger partial charge in [0.25, 0.3) is 5.56 Å². The lowest BCUT2D eigenvalue weighted by atomic mass is 10.1. The lowest BCUT2D eigenvalue weighted by Gasteiger charge is -2.05. The molecule has 0 aliphatic heterocycles. The lowest BCUT2D eigenvalue weighted by Crippen LogP contribution is -2.23. The van der Waals surface area contributed by atoms with E-state index >= 15 is 0 Å². The van der Waals surface area contributed by atoms with Crippen molar-refractivity contribution in [2.45, 2.75) is 0 Å². The second kappa shape index (κ2) is 8.53. The van der Waals surface area contributed by atoms with Crippen LogP contribution in [-0.4, -0.2) is 31.5 Å². The standard InChI is InChI=1S/C25H16ClN5O3S/c1-33-19-10-9-15(12-18(19)26)22-16(14-30(28-22)17-6-3-2-4-7-17)13-21-24(32)31-25(35-21)27-23(29-31)20-8-5-11-34-20/h2-14H,1H3. The summed E-state index contributed by atoms with van der Waals surface area (Å²) >= 11 is 7.64. The Hall–Kier alpha value is -4.21. The fraction of sp³-hybridized carbons (Fsp3) is 0.0400. The summed E-state index contributed by atoms with van der Waals surface area (Å²) in [7, 11) is 1.57. The van der Waals surface area contributed by atoms with Crippen LogP contribution in [0.4, 0.5) is 0 Å². The van der Waals surface area contributed by atoms with Crippen molar-refractivity contribution in [3.05, 3.63) is 98.6 Å². The normalized spacial score (nSPS) is 12.0. The fourth-order valence-corrected chi connectivity index (χ4v) is 4.89. The van der Waals surface area contributed by atoms with Crippen LogP contribution in [-0.2, 0) is 0 Å². The van der Waals surface area contributed by atoms with Crippen LogP contribution in [0, 0.1) is 0 Å². The number of halogens is 1. The number of fused-ring (bicyclic) bond motifs is 1. The molecule has 0 fully saturated rings. The fourth-order valence-electron chi connectivity index (χ4n) is 3.73. The Morgan fingerprint density at radius 2 is 1.94 bits per heavy atom. The molecule has 172 valence electrons. The van der Waals surface area contributed by atoms with E-state index in [1.807, 2.05) is 42.6 Å². The highest BCUT2D eigenvalue weighted by molar-refractivity contribution is 7.15. The number of furan rings is 1. The Kier molecular flexibility index (Phi) is 5.20. The average molecular weight is 502 g/mol. The van der Waals surface area contributed by atoms with Crippen LogP contribution < -0.4 is 14.8 Å². The zero-order valence-corrected chi connectivity index (χ0v) is 19.8. The highest BCUT2D eigenvalue weighted by atomic mass is 35.5. The van der Waals surface area contributed by atoms with Crippen LogP contribution in [0.5, 0.6) is 5.75 Å². The van der Waals surface area contributed by atoms with Gasteiger partial charge >= 0.3 is 0 Å². The molecule has 0 saturated heterocycles. The number of thiazole rings is 1. The van der Waals surface area contributed by atoms with E-state index < -0.39 is 0 Å². The molecule has 0 saturated carbocycles. The first-order valence-electron chi connectivity index (χ1n) is 10.5. The molecule has 0 radical (unpaired) electrons. The molecule has 0 bridgehead atoms. The van der Waals surface area contributed by atoms with Gasteiger partial charge < -0.3 is 9.15 Å². The molecule has 2 aromatic carbocycles. The zero-order valence-electron chi connectivity index (χ0n) is 18.3. The van der Waals surface area contributed by atoms with Gasteiger partial charge in [-0.1, -0.05) is 41.1 Å². The Bertz CT molecular complexity index is 1770. The van der Waals surface area contributed by atoms with Crippen molar-refractivity contribution in [3.63, 3.8) is 0 Å². The van der Waals surface area contributed by atoms with Crippen LogP contribution in [0.25, 0.3) is 39.6 Å². The summed E-state index contributed by atoms with van der Waals surface area (Å²) in [6.07, 6.45) is 5.22. The van der Waals surface area contributed by atoms with Gasteiger partial charge in [-0.15, -0.1) is 5.10 Å². The third-order valence-corrected chi connectivity index (χ3v) is 6.65. The molecule has 10 heteroatoms. The predicted octanol–water partition coefficient (Wildman–Crippen LogP) is 4.47. The van der Waals surface area contributed by atoms with E-state index in [4.69, 9.17) is 25.9 Å². The van der Waals surface area contributed by atoms with Gasteiger partial charge in [0.1, 0.15) is 11.4 Å². The summed E-state index contributed by atoms with van der Waals surface area (Å²) in [5.41, 5.74) is 2.85. The summed E-state index contributed by atoms with van der Waals surface area (Å²) in [4.78, 5) is 18.1. The van der Waals surface area contributed by atoms with Crippen molar-refractivity contribution >= 4 is 34.0 Å². The van der Waals surface area contributed by atoms with Crippen LogP contribution in [0.3, 0.4) is 0 Å². The predicted molar refractivity (Wildman–Crippen MR) is 134 cm³/mol. The van der Waals surface area contributed by atoms with Gasteiger partial charge in [0.05, 0.1) is 28.6 Å². The quantitative estimate of drug-likeness (QED) is 0.346. The largest absolute Gasteiger partial charge is 0.495 e. The Morgan fingerprint density at radius 3 is 2.66 bits per heavy atom. The van der Waals surface area contributed by atoms with Crippen LogP contribution in [0.15, 0.2) is 82.3 Å². The zero-order chi connectivity index (χ0) is 23.9.